The summed E-state index contributed by atoms with van der Waals surface area (Å²) in [5.41, 5.74) is 0.662. The summed E-state index contributed by atoms with van der Waals surface area (Å²) in [5.74, 6) is 0.0549. The van der Waals surface area contributed by atoms with Crippen LogP contribution < -0.4 is 0 Å². The minimum absolute atomic E-state index is 0.0513. The molecule has 1 N–H and O–H groups in total. The van der Waals surface area contributed by atoms with E-state index in [9.17, 15) is 4.79 Å². The molecule has 0 saturated carbocycles. The molecule has 0 aliphatic heterocycles. The second kappa shape index (κ2) is 6.91. The summed E-state index contributed by atoms with van der Waals surface area (Å²) in [6.07, 6.45) is 1.55. The molecule has 0 amide bonds. The van der Waals surface area contributed by atoms with Gasteiger partial charge in [-0.05, 0) is 18.1 Å². The first kappa shape index (κ1) is 15.8. The van der Waals surface area contributed by atoms with Gasteiger partial charge in [0.25, 0.3) is 0 Å². The molecule has 2 rings (SSSR count). The zero-order valence-corrected chi connectivity index (χ0v) is 13.2. The molecule has 2 aromatic rings. The van der Waals surface area contributed by atoms with Crippen LogP contribution in [0.1, 0.15) is 13.8 Å². The molecule has 8 heteroatoms. The van der Waals surface area contributed by atoms with Gasteiger partial charge in [0.05, 0.1) is 10.8 Å². The molecule has 112 valence electrons. The maximum Gasteiger partial charge on any atom is 0.313 e. The standard InChI is InChI=1S/C13H15ClN4O2S/c1-8(2)6-18-12(10-4-3-9(14)5-15-10)16-17-13(18)21-7-11(19)20/h3-5,8H,6-7H2,1-2H3,(H,19,20). The number of aromatic nitrogens is 4. The normalized spacial score (nSPS) is 11.0. The Kier molecular flexibility index (Phi) is 5.19. The van der Waals surface area contributed by atoms with E-state index < -0.39 is 5.97 Å². The largest absolute Gasteiger partial charge is 0.481 e. The zero-order valence-electron chi connectivity index (χ0n) is 11.7. The van der Waals surface area contributed by atoms with Crippen LogP contribution in [-0.2, 0) is 11.3 Å². The van der Waals surface area contributed by atoms with E-state index in [1.165, 1.54) is 0 Å². The van der Waals surface area contributed by atoms with Gasteiger partial charge < -0.3 is 9.67 Å². The molecule has 2 aromatic heterocycles. The third kappa shape index (κ3) is 4.18. The van der Waals surface area contributed by atoms with Gasteiger partial charge >= 0.3 is 5.97 Å². The molecule has 0 aliphatic carbocycles. The van der Waals surface area contributed by atoms with E-state index >= 15 is 0 Å². The first-order valence-corrected chi connectivity index (χ1v) is 7.73. The fourth-order valence-electron chi connectivity index (χ4n) is 1.75. The number of rotatable bonds is 6. The van der Waals surface area contributed by atoms with Crippen LogP contribution >= 0.6 is 23.4 Å². The van der Waals surface area contributed by atoms with Gasteiger partial charge in [0.2, 0.25) is 0 Å². The zero-order chi connectivity index (χ0) is 15.4. The van der Waals surface area contributed by atoms with Crippen LogP contribution in [0.2, 0.25) is 5.02 Å². The third-order valence-corrected chi connectivity index (χ3v) is 3.72. The number of carboxylic acid groups (broad SMARTS) is 1. The van der Waals surface area contributed by atoms with Crippen molar-refractivity contribution in [1.29, 1.82) is 0 Å². The van der Waals surface area contributed by atoms with Crippen molar-refractivity contribution in [1.82, 2.24) is 19.7 Å². The number of hydrogen-bond acceptors (Lipinski definition) is 5. The molecular formula is C13H15ClN4O2S. The van der Waals surface area contributed by atoms with E-state index in [-0.39, 0.29) is 5.75 Å². The fourth-order valence-corrected chi connectivity index (χ4v) is 2.53. The van der Waals surface area contributed by atoms with Crippen molar-refractivity contribution in [3.05, 3.63) is 23.4 Å². The topological polar surface area (TPSA) is 80.9 Å². The number of hydrogen-bond donors (Lipinski definition) is 1. The van der Waals surface area contributed by atoms with Gasteiger partial charge in [-0.15, -0.1) is 10.2 Å². The van der Waals surface area contributed by atoms with Crippen molar-refractivity contribution in [2.75, 3.05) is 5.75 Å². The first-order chi connectivity index (χ1) is 9.97. The van der Waals surface area contributed by atoms with Gasteiger partial charge in [0.1, 0.15) is 5.69 Å². The van der Waals surface area contributed by atoms with Gasteiger partial charge in [-0.25, -0.2) is 0 Å². The molecule has 0 aromatic carbocycles. The molecule has 2 heterocycles. The van der Waals surface area contributed by atoms with Crippen LogP contribution in [-0.4, -0.2) is 36.6 Å². The third-order valence-electron chi connectivity index (χ3n) is 2.55. The van der Waals surface area contributed by atoms with E-state index in [1.54, 1.807) is 18.3 Å². The SMILES string of the molecule is CC(C)Cn1c(SCC(=O)O)nnc1-c1ccc(Cl)cn1. The summed E-state index contributed by atoms with van der Waals surface area (Å²) in [4.78, 5) is 15.0. The summed E-state index contributed by atoms with van der Waals surface area (Å²) < 4.78 is 1.90. The number of carbonyl (C=O) groups is 1. The van der Waals surface area contributed by atoms with Gasteiger partial charge in [-0.1, -0.05) is 37.2 Å². The molecule has 0 unspecified atom stereocenters. The predicted molar refractivity (Wildman–Crippen MR) is 81.5 cm³/mol. The number of thioether (sulfide) groups is 1. The smallest absolute Gasteiger partial charge is 0.313 e. The molecule has 0 aliphatic rings. The van der Waals surface area contributed by atoms with E-state index in [4.69, 9.17) is 16.7 Å². The van der Waals surface area contributed by atoms with Gasteiger partial charge in [-0.2, -0.15) is 0 Å². The van der Waals surface area contributed by atoms with Crippen LogP contribution in [0.3, 0.4) is 0 Å². The minimum atomic E-state index is -0.884. The van der Waals surface area contributed by atoms with E-state index in [0.717, 1.165) is 11.8 Å². The highest BCUT2D eigenvalue weighted by molar-refractivity contribution is 7.99. The Bertz CT molecular complexity index is 628. The van der Waals surface area contributed by atoms with E-state index in [1.807, 2.05) is 4.57 Å². The van der Waals surface area contributed by atoms with Crippen molar-refractivity contribution in [2.24, 2.45) is 5.92 Å². The highest BCUT2D eigenvalue weighted by atomic mass is 35.5. The highest BCUT2D eigenvalue weighted by Gasteiger charge is 2.17. The highest BCUT2D eigenvalue weighted by Crippen LogP contribution is 2.24. The second-order valence-electron chi connectivity index (χ2n) is 4.85. The Hall–Kier alpha value is -1.60. The molecule has 21 heavy (non-hydrogen) atoms. The Balaban J connectivity index is 2.35. The Labute approximate surface area is 131 Å². The van der Waals surface area contributed by atoms with Crippen LogP contribution in [0.25, 0.3) is 11.5 Å². The first-order valence-electron chi connectivity index (χ1n) is 6.37. The fraction of sp³-hybridized carbons (Fsp3) is 0.385. The average Bonchev–Trinajstić information content (AvgIpc) is 2.79. The number of aliphatic carboxylic acids is 1. The van der Waals surface area contributed by atoms with E-state index in [0.29, 0.717) is 34.2 Å². The Morgan fingerprint density at radius 1 is 1.43 bits per heavy atom. The number of carboxylic acids is 1. The molecule has 0 fully saturated rings. The second-order valence-corrected chi connectivity index (χ2v) is 6.23. The number of pyridine rings is 1. The summed E-state index contributed by atoms with van der Waals surface area (Å²) in [7, 11) is 0. The Morgan fingerprint density at radius 2 is 2.19 bits per heavy atom. The lowest BCUT2D eigenvalue weighted by Crippen LogP contribution is -2.09. The van der Waals surface area contributed by atoms with Crippen LogP contribution in [0.4, 0.5) is 0 Å². The summed E-state index contributed by atoms with van der Waals surface area (Å²) in [6, 6.07) is 3.51. The molecular weight excluding hydrogens is 312 g/mol. The molecule has 0 bridgehead atoms. The lowest BCUT2D eigenvalue weighted by Gasteiger charge is -2.11. The lowest BCUT2D eigenvalue weighted by atomic mass is 10.2. The molecule has 0 radical (unpaired) electrons. The van der Waals surface area contributed by atoms with Gasteiger partial charge in [0.15, 0.2) is 11.0 Å². The summed E-state index contributed by atoms with van der Waals surface area (Å²) in [5, 5.41) is 18.1. The van der Waals surface area contributed by atoms with Crippen LogP contribution in [0.15, 0.2) is 23.5 Å². The maximum absolute atomic E-state index is 10.7. The van der Waals surface area contributed by atoms with Crippen molar-refractivity contribution < 1.29 is 9.90 Å². The number of halogens is 1. The van der Waals surface area contributed by atoms with Crippen LogP contribution in [0, 0.1) is 5.92 Å². The summed E-state index contributed by atoms with van der Waals surface area (Å²) >= 11 is 6.99. The molecule has 0 spiro atoms. The van der Waals surface area contributed by atoms with Crippen LogP contribution in [0.5, 0.6) is 0 Å². The van der Waals surface area contributed by atoms with Crippen molar-refractivity contribution in [3.63, 3.8) is 0 Å². The molecule has 6 nitrogen and oxygen atoms in total. The monoisotopic (exact) mass is 326 g/mol. The van der Waals surface area contributed by atoms with Crippen molar-refractivity contribution in [3.8, 4) is 11.5 Å². The van der Waals surface area contributed by atoms with Crippen molar-refractivity contribution >= 4 is 29.3 Å². The predicted octanol–water partition coefficient (Wildman–Crippen LogP) is 2.83. The lowest BCUT2D eigenvalue weighted by molar-refractivity contribution is -0.133. The summed E-state index contributed by atoms with van der Waals surface area (Å²) in [6.45, 7) is 4.84. The van der Waals surface area contributed by atoms with E-state index in [2.05, 4.69) is 29.0 Å². The maximum atomic E-state index is 10.7. The quantitative estimate of drug-likeness (QED) is 0.822. The molecule has 0 atom stereocenters. The van der Waals surface area contributed by atoms with Gasteiger partial charge in [0, 0.05) is 12.7 Å². The average molecular weight is 327 g/mol. The van der Waals surface area contributed by atoms with Crippen molar-refractivity contribution in [2.45, 2.75) is 25.5 Å². The minimum Gasteiger partial charge on any atom is -0.481 e. The van der Waals surface area contributed by atoms with Gasteiger partial charge in [-0.3, -0.25) is 9.78 Å². The number of nitrogens with zero attached hydrogens (tertiary/aromatic N) is 4. The molecule has 0 saturated heterocycles. The Morgan fingerprint density at radius 3 is 2.76 bits per heavy atom.